The van der Waals surface area contributed by atoms with Gasteiger partial charge < -0.3 is 15.0 Å². The van der Waals surface area contributed by atoms with Crippen molar-refractivity contribution < 1.29 is 14.3 Å². The number of rotatable bonds is 8. The zero-order valence-electron chi connectivity index (χ0n) is 17.1. The first kappa shape index (κ1) is 20.7. The van der Waals surface area contributed by atoms with Gasteiger partial charge in [-0.2, -0.15) is 0 Å². The van der Waals surface area contributed by atoms with Gasteiger partial charge in [-0.15, -0.1) is 0 Å². The second-order valence-corrected chi connectivity index (χ2v) is 7.12. The standard InChI is InChI=1S/C23H29N3O3/c1-3-5-15-25(19-9-7-6-8-10-19)23(28)24-18-16-22(27)26(17-18)20-11-13-21(14-12-20)29-4-2/h6-14,18H,3-5,15-17H2,1-2H3,(H,24,28). The summed E-state index contributed by atoms with van der Waals surface area (Å²) in [5, 5.41) is 3.05. The molecule has 1 fully saturated rings. The second kappa shape index (κ2) is 9.96. The highest BCUT2D eigenvalue weighted by atomic mass is 16.5. The molecule has 1 atom stereocenters. The van der Waals surface area contributed by atoms with E-state index in [4.69, 9.17) is 4.74 Å². The normalized spacial score (nSPS) is 16.0. The van der Waals surface area contributed by atoms with Gasteiger partial charge in [-0.05, 0) is 49.7 Å². The molecule has 6 nitrogen and oxygen atoms in total. The van der Waals surface area contributed by atoms with Crippen molar-refractivity contribution in [3.8, 4) is 5.75 Å². The fourth-order valence-corrected chi connectivity index (χ4v) is 3.47. The molecule has 2 aromatic rings. The van der Waals surface area contributed by atoms with Gasteiger partial charge in [-0.1, -0.05) is 31.5 Å². The van der Waals surface area contributed by atoms with Crippen molar-refractivity contribution in [2.75, 3.05) is 29.5 Å². The lowest BCUT2D eigenvalue weighted by atomic mass is 10.2. The predicted octanol–water partition coefficient (Wildman–Crippen LogP) is 4.21. The summed E-state index contributed by atoms with van der Waals surface area (Å²) < 4.78 is 5.46. The molecule has 29 heavy (non-hydrogen) atoms. The molecule has 3 rings (SSSR count). The molecule has 1 unspecified atom stereocenters. The van der Waals surface area contributed by atoms with Gasteiger partial charge in [0.2, 0.25) is 5.91 Å². The van der Waals surface area contributed by atoms with E-state index in [1.807, 2.05) is 61.5 Å². The molecular formula is C23H29N3O3. The van der Waals surface area contributed by atoms with E-state index in [0.717, 1.165) is 30.0 Å². The largest absolute Gasteiger partial charge is 0.494 e. The van der Waals surface area contributed by atoms with Gasteiger partial charge in [-0.25, -0.2) is 4.79 Å². The van der Waals surface area contributed by atoms with Crippen LogP contribution in [-0.2, 0) is 4.79 Å². The van der Waals surface area contributed by atoms with Crippen LogP contribution in [0.4, 0.5) is 16.2 Å². The molecule has 1 N–H and O–H groups in total. The zero-order chi connectivity index (χ0) is 20.6. The Kier molecular flexibility index (Phi) is 7.11. The van der Waals surface area contributed by atoms with Crippen LogP contribution in [0.5, 0.6) is 5.75 Å². The minimum absolute atomic E-state index is 0.0132. The van der Waals surface area contributed by atoms with E-state index in [0.29, 0.717) is 26.1 Å². The van der Waals surface area contributed by atoms with E-state index in [1.54, 1.807) is 9.80 Å². The number of nitrogens with one attached hydrogen (secondary N) is 1. The Morgan fingerprint density at radius 2 is 1.86 bits per heavy atom. The van der Waals surface area contributed by atoms with E-state index in [1.165, 1.54) is 0 Å². The Hall–Kier alpha value is -3.02. The third-order valence-corrected chi connectivity index (χ3v) is 4.96. The van der Waals surface area contributed by atoms with Gasteiger partial charge in [0.05, 0.1) is 12.6 Å². The lowest BCUT2D eigenvalue weighted by molar-refractivity contribution is -0.117. The van der Waals surface area contributed by atoms with Crippen LogP contribution in [0.15, 0.2) is 54.6 Å². The van der Waals surface area contributed by atoms with Crippen LogP contribution in [0.2, 0.25) is 0 Å². The highest BCUT2D eigenvalue weighted by Crippen LogP contribution is 2.24. The summed E-state index contributed by atoms with van der Waals surface area (Å²) in [5.74, 6) is 0.793. The number of ether oxygens (including phenoxy) is 1. The van der Waals surface area contributed by atoms with Crippen LogP contribution in [0.1, 0.15) is 33.1 Å². The first-order chi connectivity index (χ1) is 14.1. The maximum Gasteiger partial charge on any atom is 0.322 e. The summed E-state index contributed by atoms with van der Waals surface area (Å²) in [6, 6.07) is 16.8. The molecule has 1 saturated heterocycles. The number of amides is 3. The Bertz CT molecular complexity index is 808. The molecule has 0 spiro atoms. The van der Waals surface area contributed by atoms with Crippen molar-refractivity contribution in [2.24, 2.45) is 0 Å². The van der Waals surface area contributed by atoms with Gasteiger partial charge >= 0.3 is 6.03 Å². The van der Waals surface area contributed by atoms with Crippen molar-refractivity contribution in [3.05, 3.63) is 54.6 Å². The molecule has 0 saturated carbocycles. The molecule has 3 amide bonds. The molecule has 2 aromatic carbocycles. The fraction of sp³-hybridized carbons (Fsp3) is 0.391. The van der Waals surface area contributed by atoms with Crippen LogP contribution in [0.3, 0.4) is 0 Å². The van der Waals surface area contributed by atoms with Crippen molar-refractivity contribution in [1.82, 2.24) is 5.32 Å². The molecular weight excluding hydrogens is 366 g/mol. The SMILES string of the molecule is CCCCN(C(=O)NC1CC(=O)N(c2ccc(OCC)cc2)C1)c1ccccc1. The summed E-state index contributed by atoms with van der Waals surface area (Å²) in [5.41, 5.74) is 1.69. The van der Waals surface area contributed by atoms with Crippen molar-refractivity contribution in [3.63, 3.8) is 0 Å². The van der Waals surface area contributed by atoms with Gasteiger partial charge in [0.15, 0.2) is 0 Å². The number of hydrogen-bond donors (Lipinski definition) is 1. The van der Waals surface area contributed by atoms with Crippen molar-refractivity contribution in [2.45, 2.75) is 39.2 Å². The average molecular weight is 396 g/mol. The van der Waals surface area contributed by atoms with Crippen LogP contribution in [0.25, 0.3) is 0 Å². The van der Waals surface area contributed by atoms with E-state index >= 15 is 0 Å². The van der Waals surface area contributed by atoms with Crippen LogP contribution in [0, 0.1) is 0 Å². The number of urea groups is 1. The average Bonchev–Trinajstić information content (AvgIpc) is 3.10. The summed E-state index contributed by atoms with van der Waals surface area (Å²) in [4.78, 5) is 28.9. The van der Waals surface area contributed by atoms with Gasteiger partial charge in [0.25, 0.3) is 0 Å². The molecule has 0 bridgehead atoms. The van der Waals surface area contributed by atoms with E-state index in [2.05, 4.69) is 12.2 Å². The van der Waals surface area contributed by atoms with E-state index in [9.17, 15) is 9.59 Å². The maximum atomic E-state index is 12.9. The molecule has 0 radical (unpaired) electrons. The molecule has 1 heterocycles. The highest BCUT2D eigenvalue weighted by molar-refractivity contribution is 5.98. The number of carbonyl (C=O) groups is 2. The quantitative estimate of drug-likeness (QED) is 0.728. The summed E-state index contributed by atoms with van der Waals surface area (Å²) in [6.07, 6.45) is 2.23. The Labute approximate surface area is 172 Å². The second-order valence-electron chi connectivity index (χ2n) is 7.12. The number of nitrogens with zero attached hydrogens (tertiary/aromatic N) is 2. The molecule has 0 aliphatic carbocycles. The van der Waals surface area contributed by atoms with Crippen LogP contribution in [-0.4, -0.2) is 37.7 Å². The minimum Gasteiger partial charge on any atom is -0.494 e. The predicted molar refractivity (Wildman–Crippen MR) is 116 cm³/mol. The maximum absolute atomic E-state index is 12.9. The monoisotopic (exact) mass is 395 g/mol. The molecule has 6 heteroatoms. The molecule has 1 aliphatic rings. The Morgan fingerprint density at radius 1 is 1.14 bits per heavy atom. The van der Waals surface area contributed by atoms with Crippen LogP contribution >= 0.6 is 0 Å². The molecule has 1 aliphatic heterocycles. The lowest BCUT2D eigenvalue weighted by Gasteiger charge is -2.25. The van der Waals surface area contributed by atoms with Crippen LogP contribution < -0.4 is 19.9 Å². The number of benzene rings is 2. The highest BCUT2D eigenvalue weighted by Gasteiger charge is 2.32. The fourth-order valence-electron chi connectivity index (χ4n) is 3.47. The van der Waals surface area contributed by atoms with Gasteiger partial charge in [-0.3, -0.25) is 9.69 Å². The summed E-state index contributed by atoms with van der Waals surface area (Å²) >= 11 is 0. The number of carbonyl (C=O) groups excluding carboxylic acids is 2. The third kappa shape index (κ3) is 5.28. The number of anilines is 2. The van der Waals surface area contributed by atoms with Crippen molar-refractivity contribution in [1.29, 1.82) is 0 Å². The zero-order valence-corrected chi connectivity index (χ0v) is 17.1. The van der Waals surface area contributed by atoms with Gasteiger partial charge in [0, 0.05) is 30.9 Å². The minimum atomic E-state index is -0.214. The number of hydrogen-bond acceptors (Lipinski definition) is 3. The van der Waals surface area contributed by atoms with E-state index < -0.39 is 0 Å². The molecule has 0 aromatic heterocycles. The first-order valence-corrected chi connectivity index (χ1v) is 10.3. The molecule has 154 valence electrons. The number of unbranched alkanes of at least 4 members (excludes halogenated alkanes) is 1. The van der Waals surface area contributed by atoms with Gasteiger partial charge in [0.1, 0.15) is 5.75 Å². The van der Waals surface area contributed by atoms with Crippen molar-refractivity contribution >= 4 is 23.3 Å². The third-order valence-electron chi connectivity index (χ3n) is 4.96. The smallest absolute Gasteiger partial charge is 0.322 e. The summed E-state index contributed by atoms with van der Waals surface area (Å²) in [6.45, 7) is 5.76. The topological polar surface area (TPSA) is 61.9 Å². The lowest BCUT2D eigenvalue weighted by Crippen LogP contribution is -2.46. The van der Waals surface area contributed by atoms with E-state index in [-0.39, 0.29) is 18.0 Å². The Morgan fingerprint density at radius 3 is 2.52 bits per heavy atom. The first-order valence-electron chi connectivity index (χ1n) is 10.3. The Balaban J connectivity index is 1.65. The summed E-state index contributed by atoms with van der Waals surface area (Å²) in [7, 11) is 0. The number of para-hydroxylation sites is 1.